The molecule has 17 heavy (non-hydrogen) atoms. The lowest BCUT2D eigenvalue weighted by molar-refractivity contribution is -0.157. The van der Waals surface area contributed by atoms with E-state index in [4.69, 9.17) is 5.11 Å². The van der Waals surface area contributed by atoms with E-state index >= 15 is 0 Å². The summed E-state index contributed by atoms with van der Waals surface area (Å²) in [6.07, 6.45) is 0.990. The number of esters is 1. The molecule has 0 bridgehead atoms. The molecule has 0 aliphatic carbocycles. The maximum atomic E-state index is 11.2. The van der Waals surface area contributed by atoms with E-state index < -0.39 is 27.7 Å². The number of methoxy groups -OCH3 is 1. The molecule has 1 N–H and O–H groups in total. The predicted octanol–water partition coefficient (Wildman–Crippen LogP) is 0.0751. The normalized spacial score (nSPS) is 21.7. The fourth-order valence-electron chi connectivity index (χ4n) is 1.95. The van der Waals surface area contributed by atoms with Crippen molar-refractivity contribution in [3.8, 4) is 0 Å². The molecule has 1 fully saturated rings. The van der Waals surface area contributed by atoms with Crippen molar-refractivity contribution in [2.75, 3.05) is 18.6 Å². The second kappa shape index (κ2) is 5.48. The molecule has 0 spiro atoms. The highest BCUT2D eigenvalue weighted by Gasteiger charge is 2.33. The first-order valence-corrected chi connectivity index (χ1v) is 7.19. The molecule has 0 aromatic rings. The van der Waals surface area contributed by atoms with Gasteiger partial charge in [0.1, 0.15) is 9.84 Å². The molecule has 1 saturated heterocycles. The smallest absolute Gasteiger partial charge is 0.320 e. The Hall–Kier alpha value is -1.11. The van der Waals surface area contributed by atoms with E-state index in [0.29, 0.717) is 12.8 Å². The van der Waals surface area contributed by atoms with Crippen molar-refractivity contribution in [1.82, 2.24) is 0 Å². The Bertz CT molecular complexity index is 385. The number of carboxylic acids is 1. The first-order valence-electron chi connectivity index (χ1n) is 5.37. The average molecular weight is 264 g/mol. The zero-order valence-electron chi connectivity index (χ0n) is 9.59. The quantitative estimate of drug-likeness (QED) is 0.570. The number of aliphatic carboxylic acids is 1. The van der Waals surface area contributed by atoms with Gasteiger partial charge in [-0.15, -0.1) is 0 Å². The lowest BCUT2D eigenvalue weighted by Crippen LogP contribution is -2.31. The van der Waals surface area contributed by atoms with Gasteiger partial charge in [0.05, 0.1) is 18.6 Å². The highest BCUT2D eigenvalue weighted by atomic mass is 32.2. The summed E-state index contributed by atoms with van der Waals surface area (Å²) in [5, 5.41) is 8.89. The zero-order chi connectivity index (χ0) is 13.1. The van der Waals surface area contributed by atoms with E-state index in [-0.39, 0.29) is 23.8 Å². The minimum atomic E-state index is -2.96. The summed E-state index contributed by atoms with van der Waals surface area (Å²) in [5.74, 6) is -3.07. The average Bonchev–Trinajstić information content (AvgIpc) is 2.26. The van der Waals surface area contributed by atoms with Gasteiger partial charge in [-0.05, 0) is 25.2 Å². The van der Waals surface area contributed by atoms with E-state index in [1.807, 2.05) is 0 Å². The van der Waals surface area contributed by atoms with E-state index in [1.54, 1.807) is 0 Å². The summed E-state index contributed by atoms with van der Waals surface area (Å²) < 4.78 is 26.8. The van der Waals surface area contributed by atoms with Crippen LogP contribution in [0.5, 0.6) is 0 Å². The number of carbonyl (C=O) groups is 2. The summed E-state index contributed by atoms with van der Waals surface area (Å²) >= 11 is 0. The van der Waals surface area contributed by atoms with Gasteiger partial charge in [-0.2, -0.15) is 0 Å². The lowest BCUT2D eigenvalue weighted by atomic mass is 9.90. The Morgan fingerprint density at radius 3 is 2.29 bits per heavy atom. The van der Waals surface area contributed by atoms with Crippen LogP contribution >= 0.6 is 0 Å². The van der Waals surface area contributed by atoms with Gasteiger partial charge in [0.2, 0.25) is 0 Å². The Labute approximate surface area is 99.9 Å². The molecule has 0 aromatic heterocycles. The SMILES string of the molecule is COC(=O)C(CC1CCS(=O)(=O)CC1)C(=O)O. The van der Waals surface area contributed by atoms with Crippen molar-refractivity contribution in [2.45, 2.75) is 19.3 Å². The van der Waals surface area contributed by atoms with Gasteiger partial charge in [0.15, 0.2) is 5.92 Å². The summed E-state index contributed by atoms with van der Waals surface area (Å²) in [7, 11) is -1.82. The number of ether oxygens (including phenoxy) is 1. The van der Waals surface area contributed by atoms with Gasteiger partial charge < -0.3 is 9.84 Å². The van der Waals surface area contributed by atoms with Crippen molar-refractivity contribution in [2.24, 2.45) is 11.8 Å². The van der Waals surface area contributed by atoms with Gasteiger partial charge in [-0.3, -0.25) is 9.59 Å². The largest absolute Gasteiger partial charge is 0.481 e. The number of rotatable bonds is 4. The van der Waals surface area contributed by atoms with Gasteiger partial charge in [0, 0.05) is 0 Å². The molecular formula is C10H16O6S. The number of hydrogen-bond acceptors (Lipinski definition) is 5. The molecule has 7 heteroatoms. The third-order valence-corrected chi connectivity index (χ3v) is 4.74. The van der Waals surface area contributed by atoms with E-state index in [2.05, 4.69) is 4.74 Å². The lowest BCUT2D eigenvalue weighted by Gasteiger charge is -2.23. The molecule has 98 valence electrons. The molecule has 0 amide bonds. The third kappa shape index (κ3) is 3.99. The van der Waals surface area contributed by atoms with E-state index in [1.165, 1.54) is 0 Å². The van der Waals surface area contributed by atoms with Crippen LogP contribution in [0.1, 0.15) is 19.3 Å². The summed E-state index contributed by atoms with van der Waals surface area (Å²) in [5.41, 5.74) is 0. The zero-order valence-corrected chi connectivity index (χ0v) is 10.4. The van der Waals surface area contributed by atoms with Crippen molar-refractivity contribution in [3.63, 3.8) is 0 Å². The van der Waals surface area contributed by atoms with Gasteiger partial charge in [-0.25, -0.2) is 8.42 Å². The molecule has 1 unspecified atom stereocenters. The highest BCUT2D eigenvalue weighted by molar-refractivity contribution is 7.91. The van der Waals surface area contributed by atoms with E-state index in [0.717, 1.165) is 7.11 Å². The fraction of sp³-hybridized carbons (Fsp3) is 0.800. The van der Waals surface area contributed by atoms with Crippen LogP contribution in [0.3, 0.4) is 0 Å². The number of sulfone groups is 1. The predicted molar refractivity (Wildman–Crippen MR) is 59.1 cm³/mol. The van der Waals surface area contributed by atoms with Crippen LogP contribution in [-0.2, 0) is 24.2 Å². The minimum Gasteiger partial charge on any atom is -0.481 e. The summed E-state index contributed by atoms with van der Waals surface area (Å²) in [4.78, 5) is 22.1. The van der Waals surface area contributed by atoms with Crippen molar-refractivity contribution in [3.05, 3.63) is 0 Å². The van der Waals surface area contributed by atoms with Crippen LogP contribution in [0, 0.1) is 11.8 Å². The van der Waals surface area contributed by atoms with Crippen LogP contribution in [-0.4, -0.2) is 44.1 Å². The molecule has 0 saturated carbocycles. The molecule has 1 rings (SSSR count). The van der Waals surface area contributed by atoms with Crippen LogP contribution in [0.2, 0.25) is 0 Å². The van der Waals surface area contributed by atoms with Crippen LogP contribution in [0.15, 0.2) is 0 Å². The first-order chi connectivity index (χ1) is 7.85. The van der Waals surface area contributed by atoms with Gasteiger partial charge in [-0.1, -0.05) is 0 Å². The molecule has 1 aliphatic heterocycles. The van der Waals surface area contributed by atoms with Crippen molar-refractivity contribution >= 4 is 21.8 Å². The number of carboxylic acid groups (broad SMARTS) is 1. The maximum absolute atomic E-state index is 11.2. The van der Waals surface area contributed by atoms with Crippen molar-refractivity contribution < 1.29 is 27.9 Å². The van der Waals surface area contributed by atoms with Crippen molar-refractivity contribution in [1.29, 1.82) is 0 Å². The number of carbonyl (C=O) groups excluding carboxylic acids is 1. The summed E-state index contributed by atoms with van der Waals surface area (Å²) in [6, 6.07) is 0. The standard InChI is InChI=1S/C10H16O6S/c1-16-10(13)8(9(11)12)6-7-2-4-17(14,15)5-3-7/h7-8H,2-6H2,1H3,(H,11,12). The molecule has 6 nitrogen and oxygen atoms in total. The first kappa shape index (κ1) is 14.0. The van der Waals surface area contributed by atoms with Crippen LogP contribution in [0.25, 0.3) is 0 Å². The molecule has 1 aliphatic rings. The maximum Gasteiger partial charge on any atom is 0.320 e. The molecule has 1 heterocycles. The van der Waals surface area contributed by atoms with Gasteiger partial charge >= 0.3 is 11.9 Å². The molecule has 1 atom stereocenters. The second-order valence-electron chi connectivity index (χ2n) is 4.24. The highest BCUT2D eigenvalue weighted by Crippen LogP contribution is 2.26. The van der Waals surface area contributed by atoms with Crippen LogP contribution < -0.4 is 0 Å². The Morgan fingerprint density at radius 2 is 1.88 bits per heavy atom. The Kier molecular flexibility index (Phi) is 4.50. The molecular weight excluding hydrogens is 248 g/mol. The number of hydrogen-bond donors (Lipinski definition) is 1. The monoisotopic (exact) mass is 264 g/mol. The topological polar surface area (TPSA) is 97.7 Å². The second-order valence-corrected chi connectivity index (χ2v) is 6.55. The summed E-state index contributed by atoms with van der Waals surface area (Å²) in [6.45, 7) is 0. The molecule has 0 aromatic carbocycles. The van der Waals surface area contributed by atoms with E-state index in [9.17, 15) is 18.0 Å². The Balaban J connectivity index is 2.58. The van der Waals surface area contributed by atoms with Crippen LogP contribution in [0.4, 0.5) is 0 Å². The minimum absolute atomic E-state index is 0.0428. The molecule has 0 radical (unpaired) electrons. The fourth-order valence-corrected chi connectivity index (χ4v) is 3.54. The third-order valence-electron chi connectivity index (χ3n) is 3.03. The van der Waals surface area contributed by atoms with Gasteiger partial charge in [0.25, 0.3) is 0 Å². The Morgan fingerprint density at radius 1 is 1.35 bits per heavy atom.